The van der Waals surface area contributed by atoms with Crippen molar-refractivity contribution < 1.29 is 18.7 Å². The fourth-order valence-corrected chi connectivity index (χ4v) is 7.99. The fraction of sp³-hybridized carbons (Fsp3) is 0.348. The summed E-state index contributed by atoms with van der Waals surface area (Å²) in [6.07, 6.45) is 2.72. The van der Waals surface area contributed by atoms with E-state index in [9.17, 15) is 4.79 Å². The van der Waals surface area contributed by atoms with E-state index in [0.29, 0.717) is 6.61 Å². The highest BCUT2D eigenvalue weighted by molar-refractivity contribution is 6.99. The normalized spacial score (nSPS) is 13.5. The van der Waals surface area contributed by atoms with E-state index < -0.39 is 14.3 Å². The Morgan fingerprint density at radius 2 is 1.46 bits per heavy atom. The number of hydrogen-bond acceptors (Lipinski definition) is 4. The highest BCUT2D eigenvalue weighted by atomic mass is 28.4. The van der Waals surface area contributed by atoms with Gasteiger partial charge in [-0.2, -0.15) is 0 Å². The van der Waals surface area contributed by atoms with Gasteiger partial charge in [-0.1, -0.05) is 81.4 Å². The third kappa shape index (κ3) is 4.98. The minimum atomic E-state index is -2.62. The van der Waals surface area contributed by atoms with Crippen LogP contribution in [-0.4, -0.2) is 41.2 Å². The van der Waals surface area contributed by atoms with E-state index >= 15 is 0 Å². The van der Waals surface area contributed by atoms with Crippen molar-refractivity contribution in [2.24, 2.45) is 0 Å². The topological polar surface area (TPSA) is 44.8 Å². The summed E-state index contributed by atoms with van der Waals surface area (Å²) in [6, 6.07) is 20.9. The second kappa shape index (κ2) is 9.82. The Morgan fingerprint density at radius 3 is 1.86 bits per heavy atom. The summed E-state index contributed by atoms with van der Waals surface area (Å²) in [7, 11) is 0.344. The molecule has 0 aliphatic rings. The first-order valence-electron chi connectivity index (χ1n) is 9.39. The molecule has 0 aliphatic heterocycles. The maximum absolute atomic E-state index is 11.4. The minimum absolute atomic E-state index is 0.111. The van der Waals surface area contributed by atoms with Gasteiger partial charge in [0, 0.05) is 13.2 Å². The Labute approximate surface area is 169 Å². The molecule has 2 aromatic rings. The van der Waals surface area contributed by atoms with Crippen LogP contribution in [-0.2, 0) is 18.7 Å². The molecule has 0 spiro atoms. The summed E-state index contributed by atoms with van der Waals surface area (Å²) in [5, 5.41) is 2.31. The van der Waals surface area contributed by atoms with E-state index in [2.05, 4.69) is 74.0 Å². The van der Waals surface area contributed by atoms with E-state index in [1.54, 1.807) is 13.2 Å². The van der Waals surface area contributed by atoms with Gasteiger partial charge in [0.05, 0.1) is 19.8 Å². The van der Waals surface area contributed by atoms with Crippen LogP contribution < -0.4 is 10.4 Å². The standard InChI is InChI=1S/C23H30O4Si/c1-23(2,3)28(20-12-8-6-9-13-20,21-14-10-7-11-15-21)27-18-19(25-4)16-17-22(24)26-5/h6-17,19H,18H2,1-5H3/b17-16+/t19-/m0/s1. The molecule has 0 N–H and O–H groups in total. The van der Waals surface area contributed by atoms with Crippen molar-refractivity contribution in [3.8, 4) is 0 Å². The van der Waals surface area contributed by atoms with E-state index in [4.69, 9.17) is 9.16 Å². The molecule has 1 atom stereocenters. The van der Waals surface area contributed by atoms with Gasteiger partial charge < -0.3 is 13.9 Å². The number of carbonyl (C=O) groups is 1. The largest absolute Gasteiger partial charge is 0.466 e. The first-order chi connectivity index (χ1) is 13.3. The second-order valence-corrected chi connectivity index (χ2v) is 11.9. The van der Waals surface area contributed by atoms with E-state index in [1.165, 1.54) is 23.6 Å². The number of carbonyl (C=O) groups excluding carboxylic acids is 1. The van der Waals surface area contributed by atoms with Crippen LogP contribution in [0, 0.1) is 0 Å². The molecule has 0 saturated heterocycles. The number of rotatable bonds is 8. The Morgan fingerprint density at radius 1 is 0.964 bits per heavy atom. The van der Waals surface area contributed by atoms with E-state index in [0.717, 1.165) is 0 Å². The quantitative estimate of drug-likeness (QED) is 0.389. The molecule has 0 radical (unpaired) electrons. The molecular weight excluding hydrogens is 368 g/mol. The summed E-state index contributed by atoms with van der Waals surface area (Å²) < 4.78 is 17.0. The number of hydrogen-bond donors (Lipinski definition) is 0. The Bertz CT molecular complexity index is 727. The van der Waals surface area contributed by atoms with Crippen LogP contribution in [0.3, 0.4) is 0 Å². The van der Waals surface area contributed by atoms with Crippen LogP contribution in [0.5, 0.6) is 0 Å². The van der Waals surface area contributed by atoms with Crippen molar-refractivity contribution >= 4 is 24.7 Å². The summed E-state index contributed by atoms with van der Waals surface area (Å²) in [6.45, 7) is 7.03. The Balaban J connectivity index is 2.47. The van der Waals surface area contributed by atoms with Crippen molar-refractivity contribution in [2.45, 2.75) is 31.9 Å². The molecule has 28 heavy (non-hydrogen) atoms. The molecule has 0 unspecified atom stereocenters. The molecule has 5 heteroatoms. The molecule has 0 bridgehead atoms. The lowest BCUT2D eigenvalue weighted by atomic mass is 10.2. The molecule has 0 amide bonds. The fourth-order valence-electron chi connectivity index (χ4n) is 3.42. The molecule has 4 nitrogen and oxygen atoms in total. The molecule has 2 aromatic carbocycles. The summed E-state index contributed by atoms with van der Waals surface area (Å²) in [5.41, 5.74) is 0. The van der Waals surface area contributed by atoms with Gasteiger partial charge in [0.2, 0.25) is 0 Å². The van der Waals surface area contributed by atoms with Crippen LogP contribution in [0.25, 0.3) is 0 Å². The van der Waals surface area contributed by atoms with Crippen LogP contribution >= 0.6 is 0 Å². The predicted octanol–water partition coefficient (Wildman–Crippen LogP) is 3.31. The average Bonchev–Trinajstić information content (AvgIpc) is 2.71. The van der Waals surface area contributed by atoms with E-state index in [1.807, 2.05) is 12.1 Å². The zero-order valence-electron chi connectivity index (χ0n) is 17.3. The zero-order chi connectivity index (χ0) is 20.6. The maximum atomic E-state index is 11.4. The number of esters is 1. The molecule has 0 aliphatic carbocycles. The molecule has 150 valence electrons. The monoisotopic (exact) mass is 398 g/mol. The lowest BCUT2D eigenvalue weighted by Gasteiger charge is -2.43. The lowest BCUT2D eigenvalue weighted by Crippen LogP contribution is -2.67. The maximum Gasteiger partial charge on any atom is 0.330 e. The molecule has 0 heterocycles. The zero-order valence-corrected chi connectivity index (χ0v) is 18.3. The Kier molecular flexibility index (Phi) is 7.75. The van der Waals surface area contributed by atoms with Crippen molar-refractivity contribution in [3.63, 3.8) is 0 Å². The lowest BCUT2D eigenvalue weighted by molar-refractivity contribution is -0.134. The van der Waals surface area contributed by atoms with Crippen molar-refractivity contribution in [1.82, 2.24) is 0 Å². The highest BCUT2D eigenvalue weighted by Crippen LogP contribution is 2.36. The third-order valence-corrected chi connectivity index (χ3v) is 9.84. The van der Waals surface area contributed by atoms with Crippen LogP contribution in [0.4, 0.5) is 0 Å². The predicted molar refractivity (Wildman–Crippen MR) is 116 cm³/mol. The molecule has 0 aromatic heterocycles. The van der Waals surface area contributed by atoms with Gasteiger partial charge in [-0.15, -0.1) is 0 Å². The number of benzene rings is 2. The summed E-state index contributed by atoms with van der Waals surface area (Å²) in [4.78, 5) is 11.4. The third-order valence-electron chi connectivity index (χ3n) is 4.83. The SMILES string of the molecule is COC(=O)/C=C/[C@@H](CO[Si](c1ccccc1)(c1ccccc1)C(C)(C)C)OC. The van der Waals surface area contributed by atoms with Gasteiger partial charge in [-0.25, -0.2) is 4.79 Å². The van der Waals surface area contributed by atoms with Gasteiger partial charge >= 0.3 is 5.97 Å². The van der Waals surface area contributed by atoms with Crippen molar-refractivity contribution in [3.05, 3.63) is 72.8 Å². The van der Waals surface area contributed by atoms with Gasteiger partial charge in [0.15, 0.2) is 0 Å². The van der Waals surface area contributed by atoms with Crippen LogP contribution in [0.2, 0.25) is 5.04 Å². The van der Waals surface area contributed by atoms with Gasteiger partial charge in [-0.3, -0.25) is 0 Å². The van der Waals surface area contributed by atoms with Gasteiger partial charge in [-0.05, 0) is 21.5 Å². The van der Waals surface area contributed by atoms with E-state index in [-0.39, 0.29) is 11.1 Å². The molecule has 0 fully saturated rings. The molecule has 2 rings (SSSR count). The van der Waals surface area contributed by atoms with Crippen LogP contribution in [0.1, 0.15) is 20.8 Å². The van der Waals surface area contributed by atoms with Crippen molar-refractivity contribution in [2.75, 3.05) is 20.8 Å². The molecule has 0 saturated carbocycles. The number of methoxy groups -OCH3 is 2. The Hall–Kier alpha value is -2.21. The smallest absolute Gasteiger partial charge is 0.330 e. The van der Waals surface area contributed by atoms with Crippen LogP contribution in [0.15, 0.2) is 72.8 Å². The minimum Gasteiger partial charge on any atom is -0.466 e. The van der Waals surface area contributed by atoms with Gasteiger partial charge in [0.1, 0.15) is 0 Å². The second-order valence-electron chi connectivity index (χ2n) is 7.63. The summed E-state index contributed by atoms with van der Waals surface area (Å²) in [5.74, 6) is -0.410. The number of ether oxygens (including phenoxy) is 2. The average molecular weight is 399 g/mol. The first kappa shape index (κ1) is 22.1. The first-order valence-corrected chi connectivity index (χ1v) is 11.3. The van der Waals surface area contributed by atoms with Crippen molar-refractivity contribution in [1.29, 1.82) is 0 Å². The molecular formula is C23H30O4Si. The summed E-state index contributed by atoms with van der Waals surface area (Å²) >= 11 is 0. The highest BCUT2D eigenvalue weighted by Gasteiger charge is 2.50. The van der Waals surface area contributed by atoms with Gasteiger partial charge in [0.25, 0.3) is 8.32 Å².